The molecule has 0 spiro atoms. The molecule has 0 radical (unpaired) electrons. The highest BCUT2D eigenvalue weighted by Crippen LogP contribution is 2.15. The molecule has 2 rings (SSSR count). The second-order valence-corrected chi connectivity index (χ2v) is 6.85. The summed E-state index contributed by atoms with van der Waals surface area (Å²) in [5.74, 6) is 0. The predicted molar refractivity (Wildman–Crippen MR) is 87.4 cm³/mol. The lowest BCUT2D eigenvalue weighted by molar-refractivity contribution is 0.365. The van der Waals surface area contributed by atoms with Crippen LogP contribution < -0.4 is 5.32 Å². The Labute approximate surface area is 126 Å². The number of hydrogen-bond donors (Lipinski definition) is 1. The van der Waals surface area contributed by atoms with E-state index in [4.69, 9.17) is 0 Å². The summed E-state index contributed by atoms with van der Waals surface area (Å²) in [4.78, 5) is 5.70. The van der Waals surface area contributed by atoms with Crippen LogP contribution in [-0.2, 0) is 12.8 Å². The third kappa shape index (κ3) is 4.73. The largest absolute Gasteiger partial charge is 0.311 e. The molecule has 2 nitrogen and oxygen atoms in total. The summed E-state index contributed by atoms with van der Waals surface area (Å²) in [5.41, 5.74) is 4.71. The summed E-state index contributed by atoms with van der Waals surface area (Å²) in [6.45, 7) is 7.68. The van der Waals surface area contributed by atoms with Crippen molar-refractivity contribution in [3.8, 4) is 0 Å². The molecule has 20 heavy (non-hydrogen) atoms. The van der Waals surface area contributed by atoms with E-state index in [9.17, 15) is 0 Å². The summed E-state index contributed by atoms with van der Waals surface area (Å²) in [6, 6.07) is 10.7. The maximum atomic E-state index is 4.30. The van der Waals surface area contributed by atoms with E-state index in [0.717, 1.165) is 25.8 Å². The van der Waals surface area contributed by atoms with Gasteiger partial charge in [-0.15, -0.1) is 11.3 Å². The summed E-state index contributed by atoms with van der Waals surface area (Å²) in [6.07, 6.45) is 3.35. The van der Waals surface area contributed by atoms with Gasteiger partial charge in [-0.2, -0.15) is 0 Å². The second kappa shape index (κ2) is 7.00. The molecular formula is C17H24N2S. The Morgan fingerprint density at radius 3 is 2.55 bits per heavy atom. The monoisotopic (exact) mass is 288 g/mol. The number of rotatable bonds is 7. The van der Waals surface area contributed by atoms with Gasteiger partial charge in [0, 0.05) is 17.0 Å². The van der Waals surface area contributed by atoms with Crippen LogP contribution in [0.1, 0.15) is 36.4 Å². The molecule has 0 saturated carbocycles. The lowest BCUT2D eigenvalue weighted by atomic mass is 9.95. The van der Waals surface area contributed by atoms with Gasteiger partial charge in [-0.1, -0.05) is 30.3 Å². The molecule has 2 aromatic rings. The summed E-state index contributed by atoms with van der Waals surface area (Å²) >= 11 is 1.76. The van der Waals surface area contributed by atoms with Gasteiger partial charge in [-0.3, -0.25) is 0 Å². The number of aromatic nitrogens is 1. The van der Waals surface area contributed by atoms with E-state index >= 15 is 0 Å². The number of hydrogen-bond acceptors (Lipinski definition) is 3. The van der Waals surface area contributed by atoms with Gasteiger partial charge in [-0.05, 0) is 45.6 Å². The Hall–Kier alpha value is -1.19. The number of thiazole rings is 1. The van der Waals surface area contributed by atoms with Crippen molar-refractivity contribution < 1.29 is 0 Å². The first-order chi connectivity index (χ1) is 9.57. The lowest BCUT2D eigenvalue weighted by Crippen LogP contribution is -2.40. The fraction of sp³-hybridized carbons (Fsp3) is 0.471. The molecule has 0 unspecified atom stereocenters. The quantitative estimate of drug-likeness (QED) is 0.833. The fourth-order valence-corrected chi connectivity index (χ4v) is 3.05. The molecule has 1 aromatic heterocycles. The van der Waals surface area contributed by atoms with Crippen LogP contribution in [0.5, 0.6) is 0 Å². The van der Waals surface area contributed by atoms with Crippen LogP contribution in [-0.4, -0.2) is 17.1 Å². The van der Waals surface area contributed by atoms with Crippen molar-refractivity contribution in [3.63, 3.8) is 0 Å². The minimum atomic E-state index is 0.175. The number of nitrogens with zero attached hydrogens (tertiary/aromatic N) is 1. The lowest BCUT2D eigenvalue weighted by Gasteiger charge is -2.26. The van der Waals surface area contributed by atoms with Crippen LogP contribution in [0.15, 0.2) is 35.8 Å². The van der Waals surface area contributed by atoms with E-state index in [1.165, 1.54) is 16.1 Å². The molecule has 1 N–H and O–H groups in total. The molecule has 108 valence electrons. The van der Waals surface area contributed by atoms with Crippen molar-refractivity contribution in [1.29, 1.82) is 0 Å². The molecule has 1 heterocycles. The third-order valence-corrected chi connectivity index (χ3v) is 4.68. The highest BCUT2D eigenvalue weighted by molar-refractivity contribution is 7.09. The summed E-state index contributed by atoms with van der Waals surface area (Å²) in [5, 5.41) is 3.67. The molecule has 0 fully saturated rings. The molecule has 0 aliphatic carbocycles. The van der Waals surface area contributed by atoms with Crippen molar-refractivity contribution in [2.24, 2.45) is 0 Å². The van der Waals surface area contributed by atoms with Gasteiger partial charge in [0.05, 0.1) is 11.2 Å². The van der Waals surface area contributed by atoms with Crippen molar-refractivity contribution in [2.45, 2.75) is 45.6 Å². The maximum absolute atomic E-state index is 4.30. The summed E-state index contributed by atoms with van der Waals surface area (Å²) < 4.78 is 0. The van der Waals surface area contributed by atoms with E-state index in [1.807, 2.05) is 5.51 Å². The number of nitrogens with one attached hydrogen (secondary N) is 1. The SMILES string of the molecule is Cc1ncsc1CCNC(C)(C)CCc1ccccc1. The van der Waals surface area contributed by atoms with E-state index in [1.54, 1.807) is 11.3 Å². The van der Waals surface area contributed by atoms with Gasteiger partial charge in [0.2, 0.25) is 0 Å². The highest BCUT2D eigenvalue weighted by atomic mass is 32.1. The Bertz CT molecular complexity index is 517. The molecule has 3 heteroatoms. The summed E-state index contributed by atoms with van der Waals surface area (Å²) in [7, 11) is 0. The van der Waals surface area contributed by atoms with Gasteiger partial charge in [0.1, 0.15) is 0 Å². The zero-order chi connectivity index (χ0) is 14.4. The van der Waals surface area contributed by atoms with Crippen LogP contribution in [0.25, 0.3) is 0 Å². The average molecular weight is 288 g/mol. The zero-order valence-corrected chi connectivity index (χ0v) is 13.5. The van der Waals surface area contributed by atoms with E-state index in [-0.39, 0.29) is 5.54 Å². The van der Waals surface area contributed by atoms with Crippen molar-refractivity contribution in [3.05, 3.63) is 52.0 Å². The Balaban J connectivity index is 1.75. The molecular weight excluding hydrogens is 264 g/mol. The number of benzene rings is 1. The zero-order valence-electron chi connectivity index (χ0n) is 12.6. The van der Waals surface area contributed by atoms with E-state index < -0.39 is 0 Å². The second-order valence-electron chi connectivity index (χ2n) is 5.91. The van der Waals surface area contributed by atoms with Crippen LogP contribution in [0.3, 0.4) is 0 Å². The van der Waals surface area contributed by atoms with Gasteiger partial charge in [-0.25, -0.2) is 4.98 Å². The minimum Gasteiger partial charge on any atom is -0.311 e. The fourth-order valence-electron chi connectivity index (χ4n) is 2.27. The Morgan fingerprint density at radius 1 is 1.15 bits per heavy atom. The predicted octanol–water partition coefficient (Wildman–Crippen LogP) is 4.00. The highest BCUT2D eigenvalue weighted by Gasteiger charge is 2.16. The first-order valence-corrected chi connectivity index (χ1v) is 8.13. The molecule has 0 aliphatic heterocycles. The van der Waals surface area contributed by atoms with Crippen LogP contribution >= 0.6 is 11.3 Å². The molecule has 0 aliphatic rings. The van der Waals surface area contributed by atoms with Crippen molar-refractivity contribution in [1.82, 2.24) is 10.3 Å². The molecule has 0 atom stereocenters. The van der Waals surface area contributed by atoms with Crippen LogP contribution in [0, 0.1) is 6.92 Å². The number of aryl methyl sites for hydroxylation is 2. The maximum Gasteiger partial charge on any atom is 0.0797 e. The van der Waals surface area contributed by atoms with Gasteiger partial charge < -0.3 is 5.32 Å². The van der Waals surface area contributed by atoms with Crippen molar-refractivity contribution >= 4 is 11.3 Å². The first-order valence-electron chi connectivity index (χ1n) is 7.25. The molecule has 1 aromatic carbocycles. The van der Waals surface area contributed by atoms with Gasteiger partial charge >= 0.3 is 0 Å². The van der Waals surface area contributed by atoms with Crippen LogP contribution in [0.4, 0.5) is 0 Å². The Morgan fingerprint density at radius 2 is 1.90 bits per heavy atom. The van der Waals surface area contributed by atoms with Crippen LogP contribution in [0.2, 0.25) is 0 Å². The first kappa shape index (κ1) is 15.2. The molecule has 0 saturated heterocycles. The van der Waals surface area contributed by atoms with E-state index in [0.29, 0.717) is 0 Å². The third-order valence-electron chi connectivity index (χ3n) is 3.68. The molecule has 0 bridgehead atoms. The topological polar surface area (TPSA) is 24.9 Å². The average Bonchev–Trinajstić information content (AvgIpc) is 2.83. The molecule has 0 amide bonds. The van der Waals surface area contributed by atoms with E-state index in [2.05, 4.69) is 61.4 Å². The Kier molecular flexibility index (Phi) is 5.32. The standard InChI is InChI=1S/C17H24N2S/c1-14-16(20-13-18-14)10-12-19-17(2,3)11-9-15-7-5-4-6-8-15/h4-8,13,19H,9-12H2,1-3H3. The minimum absolute atomic E-state index is 0.175. The normalized spacial score (nSPS) is 11.8. The smallest absolute Gasteiger partial charge is 0.0797 e. The van der Waals surface area contributed by atoms with Crippen molar-refractivity contribution in [2.75, 3.05) is 6.54 Å². The van der Waals surface area contributed by atoms with Gasteiger partial charge in [0.15, 0.2) is 0 Å². The van der Waals surface area contributed by atoms with Gasteiger partial charge in [0.25, 0.3) is 0 Å².